The Morgan fingerprint density at radius 2 is 2.15 bits per heavy atom. The Labute approximate surface area is 82.3 Å². The van der Waals surface area contributed by atoms with Crippen molar-refractivity contribution in [1.29, 1.82) is 0 Å². The maximum atomic E-state index is 12.5. The Balaban J connectivity index is 2.74. The SMILES string of the molecule is OCC(F)(F)Oc1cccc(Br)c1. The van der Waals surface area contributed by atoms with E-state index in [1.807, 2.05) is 0 Å². The first-order valence-electron chi connectivity index (χ1n) is 3.47. The van der Waals surface area contributed by atoms with Crippen LogP contribution in [0.3, 0.4) is 0 Å². The molecule has 1 aromatic rings. The zero-order valence-corrected chi connectivity index (χ0v) is 8.09. The molecule has 0 bridgehead atoms. The van der Waals surface area contributed by atoms with Crippen LogP contribution in [0.4, 0.5) is 8.78 Å². The third-order valence-corrected chi connectivity index (χ3v) is 1.74. The number of hydrogen-bond donors (Lipinski definition) is 1. The van der Waals surface area contributed by atoms with Crippen LogP contribution in [0.2, 0.25) is 0 Å². The van der Waals surface area contributed by atoms with Crippen LogP contribution in [0.15, 0.2) is 28.7 Å². The van der Waals surface area contributed by atoms with E-state index in [0.29, 0.717) is 4.47 Å². The molecule has 0 aliphatic heterocycles. The Hall–Kier alpha value is -0.680. The first-order valence-corrected chi connectivity index (χ1v) is 4.26. The summed E-state index contributed by atoms with van der Waals surface area (Å²) in [5, 5.41) is 8.24. The van der Waals surface area contributed by atoms with E-state index >= 15 is 0 Å². The molecule has 5 heteroatoms. The van der Waals surface area contributed by atoms with E-state index in [1.165, 1.54) is 12.1 Å². The van der Waals surface area contributed by atoms with Crippen LogP contribution < -0.4 is 4.74 Å². The van der Waals surface area contributed by atoms with Gasteiger partial charge in [-0.25, -0.2) is 0 Å². The Bertz CT molecular complexity index is 291. The molecule has 0 unspecified atom stereocenters. The summed E-state index contributed by atoms with van der Waals surface area (Å²) in [6.07, 6.45) is -3.53. The third-order valence-electron chi connectivity index (χ3n) is 1.25. The van der Waals surface area contributed by atoms with E-state index in [4.69, 9.17) is 5.11 Å². The number of halogens is 3. The van der Waals surface area contributed by atoms with Gasteiger partial charge in [0, 0.05) is 4.47 Å². The number of aliphatic hydroxyl groups excluding tert-OH is 1. The fourth-order valence-electron chi connectivity index (χ4n) is 0.735. The average Bonchev–Trinajstić information content (AvgIpc) is 2.03. The first kappa shape index (κ1) is 10.4. The van der Waals surface area contributed by atoms with Gasteiger partial charge in [0.1, 0.15) is 12.4 Å². The van der Waals surface area contributed by atoms with Gasteiger partial charge in [0.2, 0.25) is 0 Å². The molecule has 1 aromatic carbocycles. The number of benzene rings is 1. The summed E-state index contributed by atoms with van der Waals surface area (Å²) < 4.78 is 29.8. The maximum absolute atomic E-state index is 12.5. The van der Waals surface area contributed by atoms with E-state index in [-0.39, 0.29) is 5.75 Å². The molecule has 0 fully saturated rings. The highest BCUT2D eigenvalue weighted by Gasteiger charge is 2.30. The lowest BCUT2D eigenvalue weighted by Crippen LogP contribution is -2.28. The fraction of sp³-hybridized carbons (Fsp3) is 0.250. The Kier molecular flexibility index (Phi) is 3.22. The summed E-state index contributed by atoms with van der Waals surface area (Å²) in [6.45, 7) is -1.33. The summed E-state index contributed by atoms with van der Waals surface area (Å²) in [4.78, 5) is 0. The third kappa shape index (κ3) is 3.28. The lowest BCUT2D eigenvalue weighted by Gasteiger charge is -2.15. The number of aliphatic hydroxyl groups is 1. The molecule has 72 valence electrons. The summed E-state index contributed by atoms with van der Waals surface area (Å²) in [5.41, 5.74) is 0. The number of ether oxygens (including phenoxy) is 1. The van der Waals surface area contributed by atoms with Crippen LogP contribution in [0.1, 0.15) is 0 Å². The zero-order valence-electron chi connectivity index (χ0n) is 6.51. The van der Waals surface area contributed by atoms with Crippen LogP contribution in [-0.2, 0) is 0 Å². The molecule has 0 saturated heterocycles. The predicted octanol–water partition coefficient (Wildman–Crippen LogP) is 2.41. The monoisotopic (exact) mass is 252 g/mol. The molecular weight excluding hydrogens is 246 g/mol. The van der Waals surface area contributed by atoms with Crippen LogP contribution in [0.25, 0.3) is 0 Å². The van der Waals surface area contributed by atoms with Gasteiger partial charge in [0.15, 0.2) is 0 Å². The van der Waals surface area contributed by atoms with Crippen molar-refractivity contribution in [3.05, 3.63) is 28.7 Å². The van der Waals surface area contributed by atoms with Gasteiger partial charge in [0.25, 0.3) is 0 Å². The number of rotatable bonds is 3. The number of hydrogen-bond acceptors (Lipinski definition) is 2. The second-order valence-electron chi connectivity index (χ2n) is 2.35. The molecule has 0 atom stereocenters. The van der Waals surface area contributed by atoms with Crippen molar-refractivity contribution in [3.8, 4) is 5.75 Å². The quantitative estimate of drug-likeness (QED) is 0.896. The minimum Gasteiger partial charge on any atom is -0.431 e. The van der Waals surface area contributed by atoms with Crippen molar-refractivity contribution in [3.63, 3.8) is 0 Å². The van der Waals surface area contributed by atoms with Crippen molar-refractivity contribution in [2.24, 2.45) is 0 Å². The average molecular weight is 253 g/mol. The van der Waals surface area contributed by atoms with Crippen LogP contribution in [0.5, 0.6) is 5.75 Å². The summed E-state index contributed by atoms with van der Waals surface area (Å²) in [5.74, 6) is 0.00780. The fourth-order valence-corrected chi connectivity index (χ4v) is 1.11. The van der Waals surface area contributed by atoms with Gasteiger partial charge in [-0.2, -0.15) is 8.78 Å². The highest BCUT2D eigenvalue weighted by atomic mass is 79.9. The second-order valence-corrected chi connectivity index (χ2v) is 3.27. The molecule has 0 radical (unpaired) electrons. The standard InChI is InChI=1S/C8H7BrF2O2/c9-6-2-1-3-7(4-6)13-8(10,11)5-12/h1-4,12H,5H2. The molecule has 0 heterocycles. The molecule has 0 aromatic heterocycles. The topological polar surface area (TPSA) is 29.5 Å². The summed E-state index contributed by atoms with van der Waals surface area (Å²) >= 11 is 3.10. The summed E-state index contributed by atoms with van der Waals surface area (Å²) in [7, 11) is 0. The van der Waals surface area contributed by atoms with Crippen LogP contribution >= 0.6 is 15.9 Å². The molecule has 0 aliphatic carbocycles. The molecule has 0 spiro atoms. The largest absolute Gasteiger partial charge is 0.431 e. The van der Waals surface area contributed by atoms with Gasteiger partial charge >= 0.3 is 6.11 Å². The van der Waals surface area contributed by atoms with Crippen molar-refractivity contribution >= 4 is 15.9 Å². The molecule has 1 N–H and O–H groups in total. The molecule has 0 saturated carbocycles. The van der Waals surface area contributed by atoms with Crippen molar-refractivity contribution in [2.45, 2.75) is 6.11 Å². The lowest BCUT2D eigenvalue weighted by atomic mass is 10.3. The van der Waals surface area contributed by atoms with E-state index in [0.717, 1.165) is 0 Å². The predicted molar refractivity (Wildman–Crippen MR) is 46.8 cm³/mol. The first-order chi connectivity index (χ1) is 6.03. The molecule has 2 nitrogen and oxygen atoms in total. The molecule has 0 amide bonds. The highest BCUT2D eigenvalue weighted by molar-refractivity contribution is 9.10. The Morgan fingerprint density at radius 3 is 2.69 bits per heavy atom. The zero-order chi connectivity index (χ0) is 9.90. The maximum Gasteiger partial charge on any atom is 0.421 e. The van der Waals surface area contributed by atoms with Gasteiger partial charge in [-0.3, -0.25) is 0 Å². The van der Waals surface area contributed by atoms with Gasteiger partial charge in [-0.15, -0.1) is 0 Å². The molecule has 1 rings (SSSR count). The van der Waals surface area contributed by atoms with E-state index in [1.54, 1.807) is 12.1 Å². The summed E-state index contributed by atoms with van der Waals surface area (Å²) in [6, 6.07) is 6.02. The smallest absolute Gasteiger partial charge is 0.421 e. The van der Waals surface area contributed by atoms with Crippen LogP contribution in [-0.4, -0.2) is 17.8 Å². The van der Waals surface area contributed by atoms with E-state index in [2.05, 4.69) is 20.7 Å². The second kappa shape index (κ2) is 4.02. The van der Waals surface area contributed by atoms with Gasteiger partial charge in [-0.05, 0) is 18.2 Å². The van der Waals surface area contributed by atoms with E-state index < -0.39 is 12.7 Å². The molecule has 13 heavy (non-hydrogen) atoms. The minimum atomic E-state index is -3.53. The van der Waals surface area contributed by atoms with Crippen LogP contribution in [0, 0.1) is 0 Å². The molecular formula is C8H7BrF2O2. The van der Waals surface area contributed by atoms with Crippen molar-refractivity contribution < 1.29 is 18.6 Å². The highest BCUT2D eigenvalue weighted by Crippen LogP contribution is 2.23. The molecule has 0 aliphatic rings. The van der Waals surface area contributed by atoms with E-state index in [9.17, 15) is 8.78 Å². The minimum absolute atomic E-state index is 0.00780. The normalized spacial score (nSPS) is 11.4. The van der Waals surface area contributed by atoms with Crippen molar-refractivity contribution in [2.75, 3.05) is 6.61 Å². The Morgan fingerprint density at radius 1 is 1.46 bits per heavy atom. The van der Waals surface area contributed by atoms with Gasteiger partial charge < -0.3 is 9.84 Å². The van der Waals surface area contributed by atoms with Gasteiger partial charge in [0.05, 0.1) is 0 Å². The van der Waals surface area contributed by atoms with Gasteiger partial charge in [-0.1, -0.05) is 22.0 Å². The number of alkyl halides is 2. The van der Waals surface area contributed by atoms with Crippen molar-refractivity contribution in [1.82, 2.24) is 0 Å². The lowest BCUT2D eigenvalue weighted by molar-refractivity contribution is -0.200.